The number of rotatable bonds is 1. The van der Waals surface area contributed by atoms with Gasteiger partial charge in [-0.15, -0.1) is 10.2 Å². The molecule has 1 aliphatic rings. The zero-order valence-corrected chi connectivity index (χ0v) is 10.5. The van der Waals surface area contributed by atoms with Crippen LogP contribution in [-0.2, 0) is 0 Å². The second-order valence-electron chi connectivity index (χ2n) is 3.93. The van der Waals surface area contributed by atoms with E-state index in [4.69, 9.17) is 16.3 Å². The van der Waals surface area contributed by atoms with Gasteiger partial charge in [0.2, 0.25) is 0 Å². The van der Waals surface area contributed by atoms with Gasteiger partial charge in [-0.05, 0) is 6.07 Å². The van der Waals surface area contributed by atoms with Crippen molar-refractivity contribution >= 4 is 28.7 Å². The molecule has 0 saturated heterocycles. The predicted molar refractivity (Wildman–Crippen MR) is 68.3 cm³/mol. The molecule has 1 aromatic carbocycles. The molecule has 8 heteroatoms. The van der Waals surface area contributed by atoms with Crippen molar-refractivity contribution in [2.24, 2.45) is 0 Å². The Morgan fingerprint density at radius 1 is 1.32 bits per heavy atom. The van der Waals surface area contributed by atoms with Crippen LogP contribution >= 0.6 is 11.6 Å². The fourth-order valence-electron chi connectivity index (χ4n) is 1.87. The molecule has 0 spiro atoms. The van der Waals surface area contributed by atoms with Gasteiger partial charge in [-0.1, -0.05) is 11.6 Å². The maximum absolute atomic E-state index is 10.7. The quantitative estimate of drug-likeness (QED) is 0.589. The highest BCUT2D eigenvalue weighted by Crippen LogP contribution is 2.45. The second-order valence-corrected chi connectivity index (χ2v) is 4.31. The third-order valence-corrected chi connectivity index (χ3v) is 2.98. The SMILES string of the molecule is CN1c2ccc([N+](=O)[O-])cc2Oc2nnc(Cl)cc21. The average Bonchev–Trinajstić information content (AvgIpc) is 2.39. The number of aromatic nitrogens is 2. The Balaban J connectivity index is 2.12. The fourth-order valence-corrected chi connectivity index (χ4v) is 2.01. The van der Waals surface area contributed by atoms with Crippen LogP contribution in [0.15, 0.2) is 24.3 Å². The van der Waals surface area contributed by atoms with Gasteiger partial charge in [-0.2, -0.15) is 0 Å². The largest absolute Gasteiger partial charge is 0.434 e. The zero-order chi connectivity index (χ0) is 13.6. The number of nitro groups is 1. The molecule has 1 aliphatic heterocycles. The third kappa shape index (κ3) is 1.84. The average molecular weight is 279 g/mol. The summed E-state index contributed by atoms with van der Waals surface area (Å²) in [5, 5.41) is 18.5. The Labute approximate surface area is 112 Å². The number of nitro benzene ring substituents is 1. The summed E-state index contributed by atoms with van der Waals surface area (Å²) in [6, 6.07) is 6.00. The van der Waals surface area contributed by atoms with Gasteiger partial charge in [0.1, 0.15) is 5.69 Å². The number of halogens is 1. The van der Waals surface area contributed by atoms with Gasteiger partial charge >= 0.3 is 0 Å². The molecule has 0 fully saturated rings. The molecule has 0 amide bonds. The first-order valence-electron chi connectivity index (χ1n) is 5.29. The summed E-state index contributed by atoms with van der Waals surface area (Å²) in [4.78, 5) is 12.1. The lowest BCUT2D eigenvalue weighted by Gasteiger charge is -2.27. The zero-order valence-electron chi connectivity index (χ0n) is 9.70. The van der Waals surface area contributed by atoms with E-state index in [1.54, 1.807) is 24.1 Å². The lowest BCUT2D eigenvalue weighted by molar-refractivity contribution is -0.384. The molecule has 0 radical (unpaired) electrons. The molecule has 0 saturated carbocycles. The van der Waals surface area contributed by atoms with E-state index >= 15 is 0 Å². The first kappa shape index (κ1) is 11.7. The highest BCUT2D eigenvalue weighted by molar-refractivity contribution is 6.29. The van der Waals surface area contributed by atoms with E-state index in [-0.39, 0.29) is 16.7 Å². The minimum Gasteiger partial charge on any atom is -0.434 e. The lowest BCUT2D eigenvalue weighted by atomic mass is 10.2. The van der Waals surface area contributed by atoms with Gasteiger partial charge < -0.3 is 9.64 Å². The molecule has 1 aromatic heterocycles. The van der Waals surface area contributed by atoms with Crippen LogP contribution < -0.4 is 9.64 Å². The summed E-state index contributed by atoms with van der Waals surface area (Å²) in [7, 11) is 1.80. The maximum atomic E-state index is 10.7. The van der Waals surface area contributed by atoms with Crippen molar-refractivity contribution < 1.29 is 9.66 Å². The van der Waals surface area contributed by atoms with Crippen LogP contribution in [0.4, 0.5) is 17.1 Å². The molecule has 2 heterocycles. The summed E-state index contributed by atoms with van der Waals surface area (Å²) < 4.78 is 5.52. The summed E-state index contributed by atoms with van der Waals surface area (Å²) in [6.45, 7) is 0. The molecule has 0 unspecified atom stereocenters. The van der Waals surface area contributed by atoms with Gasteiger partial charge in [0.15, 0.2) is 10.9 Å². The highest BCUT2D eigenvalue weighted by Gasteiger charge is 2.25. The maximum Gasteiger partial charge on any atom is 0.273 e. The molecule has 7 nitrogen and oxygen atoms in total. The van der Waals surface area contributed by atoms with Crippen molar-refractivity contribution in [2.75, 3.05) is 11.9 Å². The molecule has 0 bridgehead atoms. The van der Waals surface area contributed by atoms with Crippen LogP contribution in [0.5, 0.6) is 11.6 Å². The second kappa shape index (κ2) is 4.06. The molecular weight excluding hydrogens is 272 g/mol. The molecule has 19 heavy (non-hydrogen) atoms. The highest BCUT2D eigenvalue weighted by atomic mass is 35.5. The number of benzene rings is 1. The minimum atomic E-state index is -0.479. The predicted octanol–water partition coefficient (Wildman–Crippen LogP) is 2.91. The number of nitrogens with zero attached hydrogens (tertiary/aromatic N) is 4. The van der Waals surface area contributed by atoms with Crippen LogP contribution in [-0.4, -0.2) is 22.2 Å². The molecule has 0 atom stereocenters. The van der Waals surface area contributed by atoms with Gasteiger partial charge in [-0.3, -0.25) is 10.1 Å². The number of ether oxygens (including phenoxy) is 1. The summed E-state index contributed by atoms with van der Waals surface area (Å²) in [5.41, 5.74) is 1.31. The van der Waals surface area contributed by atoms with E-state index in [0.717, 1.165) is 0 Å². The van der Waals surface area contributed by atoms with Gasteiger partial charge in [0, 0.05) is 19.2 Å². The van der Waals surface area contributed by atoms with Crippen molar-refractivity contribution in [3.63, 3.8) is 0 Å². The molecule has 0 aliphatic carbocycles. The normalized spacial score (nSPS) is 12.4. The van der Waals surface area contributed by atoms with Gasteiger partial charge in [-0.25, -0.2) is 0 Å². The number of hydrogen-bond acceptors (Lipinski definition) is 6. The minimum absolute atomic E-state index is 0.0440. The Morgan fingerprint density at radius 2 is 2.11 bits per heavy atom. The van der Waals surface area contributed by atoms with E-state index in [1.807, 2.05) is 0 Å². The molecule has 3 rings (SSSR count). The summed E-state index contributed by atoms with van der Waals surface area (Å²) >= 11 is 5.79. The molecule has 2 aromatic rings. The van der Waals surface area contributed by atoms with E-state index in [2.05, 4.69) is 10.2 Å². The summed E-state index contributed by atoms with van der Waals surface area (Å²) in [6.07, 6.45) is 0. The van der Waals surface area contributed by atoms with Crippen LogP contribution in [0, 0.1) is 10.1 Å². The number of hydrogen-bond donors (Lipinski definition) is 0. The topological polar surface area (TPSA) is 81.4 Å². The fraction of sp³-hybridized carbons (Fsp3) is 0.0909. The van der Waals surface area contributed by atoms with Crippen molar-refractivity contribution in [3.8, 4) is 11.6 Å². The first-order valence-corrected chi connectivity index (χ1v) is 5.67. The number of fused-ring (bicyclic) bond motifs is 2. The van der Waals surface area contributed by atoms with E-state index < -0.39 is 4.92 Å². The number of anilines is 2. The van der Waals surface area contributed by atoms with Crippen LogP contribution in [0.3, 0.4) is 0 Å². The van der Waals surface area contributed by atoms with E-state index in [0.29, 0.717) is 17.1 Å². The monoisotopic (exact) mass is 278 g/mol. The Kier molecular flexibility index (Phi) is 2.49. The lowest BCUT2D eigenvalue weighted by Crippen LogP contribution is -2.17. The van der Waals surface area contributed by atoms with Gasteiger partial charge in [0.25, 0.3) is 11.6 Å². The van der Waals surface area contributed by atoms with Crippen LogP contribution in [0.2, 0.25) is 5.15 Å². The molecular formula is C11H7ClN4O3. The molecule has 96 valence electrons. The van der Waals surface area contributed by atoms with Crippen molar-refractivity contribution in [2.45, 2.75) is 0 Å². The van der Waals surface area contributed by atoms with Crippen LogP contribution in [0.25, 0.3) is 0 Å². The van der Waals surface area contributed by atoms with Gasteiger partial charge in [0.05, 0.1) is 16.7 Å². The van der Waals surface area contributed by atoms with E-state index in [1.165, 1.54) is 12.1 Å². The third-order valence-electron chi connectivity index (χ3n) is 2.79. The Morgan fingerprint density at radius 3 is 2.84 bits per heavy atom. The smallest absolute Gasteiger partial charge is 0.273 e. The Bertz CT molecular complexity index is 692. The first-order chi connectivity index (χ1) is 9.06. The number of non-ortho nitro benzene ring substituents is 1. The summed E-state index contributed by atoms with van der Waals surface area (Å²) in [5.74, 6) is 0.626. The van der Waals surface area contributed by atoms with Crippen molar-refractivity contribution in [1.82, 2.24) is 10.2 Å². The van der Waals surface area contributed by atoms with E-state index in [9.17, 15) is 10.1 Å². The molecule has 0 N–H and O–H groups in total. The standard InChI is InChI=1S/C11H7ClN4O3/c1-15-7-3-2-6(16(17)18)4-9(7)19-11-8(15)5-10(12)13-14-11/h2-5H,1H3. The Hall–Kier alpha value is -2.41. The van der Waals surface area contributed by atoms with Crippen molar-refractivity contribution in [3.05, 3.63) is 39.5 Å². The van der Waals surface area contributed by atoms with Crippen LogP contribution in [0.1, 0.15) is 0 Å². The van der Waals surface area contributed by atoms with Crippen molar-refractivity contribution in [1.29, 1.82) is 0 Å².